The predicted octanol–water partition coefficient (Wildman–Crippen LogP) is 3.32. The van der Waals surface area contributed by atoms with Crippen LogP contribution < -0.4 is 10.1 Å². The topological polar surface area (TPSA) is 34.1 Å². The van der Waals surface area contributed by atoms with Crippen LogP contribution in [0.5, 0.6) is 5.88 Å². The van der Waals surface area contributed by atoms with Gasteiger partial charge in [0.1, 0.15) is 0 Å². The van der Waals surface area contributed by atoms with Gasteiger partial charge in [-0.1, -0.05) is 26.2 Å². The molecule has 1 aliphatic rings. The summed E-state index contributed by atoms with van der Waals surface area (Å²) in [6, 6.07) is 4.26. The highest BCUT2D eigenvalue weighted by molar-refractivity contribution is 5.25. The number of nitrogens with zero attached hydrogens (tertiary/aromatic N) is 1. The zero-order valence-corrected chi connectivity index (χ0v) is 12.2. The lowest BCUT2D eigenvalue weighted by molar-refractivity contribution is 0.242. The number of ether oxygens (including phenoxy) is 1. The van der Waals surface area contributed by atoms with Gasteiger partial charge in [-0.05, 0) is 43.9 Å². The van der Waals surface area contributed by atoms with E-state index in [9.17, 15) is 0 Å². The van der Waals surface area contributed by atoms with Gasteiger partial charge in [-0.25, -0.2) is 4.98 Å². The summed E-state index contributed by atoms with van der Waals surface area (Å²) >= 11 is 0. The lowest BCUT2D eigenvalue weighted by Gasteiger charge is -2.13. The molecule has 0 spiro atoms. The van der Waals surface area contributed by atoms with E-state index in [0.29, 0.717) is 0 Å². The van der Waals surface area contributed by atoms with Gasteiger partial charge in [0.15, 0.2) is 0 Å². The Labute approximate surface area is 116 Å². The van der Waals surface area contributed by atoms with Gasteiger partial charge in [-0.15, -0.1) is 0 Å². The van der Waals surface area contributed by atoms with Crippen molar-refractivity contribution in [2.24, 2.45) is 5.92 Å². The van der Waals surface area contributed by atoms with Crippen molar-refractivity contribution in [2.75, 3.05) is 13.7 Å². The molecule has 0 atom stereocenters. The van der Waals surface area contributed by atoms with E-state index in [2.05, 4.69) is 29.4 Å². The van der Waals surface area contributed by atoms with Crippen LogP contribution in [-0.4, -0.2) is 18.6 Å². The lowest BCUT2D eigenvalue weighted by Crippen LogP contribution is -2.11. The summed E-state index contributed by atoms with van der Waals surface area (Å²) in [5.41, 5.74) is 2.42. The van der Waals surface area contributed by atoms with Crippen molar-refractivity contribution in [3.05, 3.63) is 23.4 Å². The number of pyridine rings is 1. The molecule has 0 bridgehead atoms. The molecule has 1 aromatic rings. The summed E-state index contributed by atoms with van der Waals surface area (Å²) in [7, 11) is 1.97. The molecule has 1 N–H and O–H groups in total. The fraction of sp³-hybridized carbons (Fsp3) is 0.688. The molecule has 0 aliphatic heterocycles. The summed E-state index contributed by atoms with van der Waals surface area (Å²) in [5, 5.41) is 3.19. The molecule has 0 unspecified atom stereocenters. The van der Waals surface area contributed by atoms with E-state index in [4.69, 9.17) is 4.74 Å². The molecule has 0 aromatic carbocycles. The van der Waals surface area contributed by atoms with Crippen LogP contribution in [0.4, 0.5) is 0 Å². The van der Waals surface area contributed by atoms with Crippen LogP contribution in [-0.2, 0) is 13.0 Å². The third-order valence-corrected chi connectivity index (χ3v) is 3.74. The maximum Gasteiger partial charge on any atom is 0.213 e. The van der Waals surface area contributed by atoms with E-state index < -0.39 is 0 Å². The first-order valence-corrected chi connectivity index (χ1v) is 7.59. The number of nitrogens with one attached hydrogen (secondary N) is 1. The minimum absolute atomic E-state index is 0.740. The number of aromatic nitrogens is 1. The molecular formula is C16H26N2O. The molecule has 1 aromatic heterocycles. The lowest BCUT2D eigenvalue weighted by atomic mass is 10.1. The fourth-order valence-electron chi connectivity index (χ4n) is 2.76. The second kappa shape index (κ2) is 7.49. The van der Waals surface area contributed by atoms with Crippen LogP contribution in [0.1, 0.15) is 50.3 Å². The Hall–Kier alpha value is -1.09. The number of rotatable bonds is 7. The van der Waals surface area contributed by atoms with E-state index in [1.807, 2.05) is 7.05 Å². The largest absolute Gasteiger partial charge is 0.477 e. The molecule has 3 nitrogen and oxygen atoms in total. The van der Waals surface area contributed by atoms with Crippen molar-refractivity contribution >= 4 is 0 Å². The maximum atomic E-state index is 5.93. The summed E-state index contributed by atoms with van der Waals surface area (Å²) < 4.78 is 5.93. The van der Waals surface area contributed by atoms with E-state index in [0.717, 1.165) is 43.5 Å². The van der Waals surface area contributed by atoms with Crippen molar-refractivity contribution in [1.82, 2.24) is 10.3 Å². The summed E-state index contributed by atoms with van der Waals surface area (Å²) in [6.07, 6.45) is 7.51. The molecule has 1 fully saturated rings. The number of hydrogen-bond acceptors (Lipinski definition) is 3. The van der Waals surface area contributed by atoms with Crippen LogP contribution in [0.2, 0.25) is 0 Å². The molecule has 19 heavy (non-hydrogen) atoms. The number of hydrogen-bond donors (Lipinski definition) is 1. The first kappa shape index (κ1) is 14.3. The zero-order chi connectivity index (χ0) is 13.5. The standard InChI is InChI=1S/C16H26N2O/c1-3-6-15-9-14(11-17-2)10-16(18-15)19-12-13-7-4-5-8-13/h9-10,13,17H,3-8,11-12H2,1-2H3. The monoisotopic (exact) mass is 262 g/mol. The maximum absolute atomic E-state index is 5.93. The van der Waals surface area contributed by atoms with Gasteiger partial charge in [0.05, 0.1) is 6.61 Å². The Morgan fingerprint density at radius 2 is 2.11 bits per heavy atom. The predicted molar refractivity (Wildman–Crippen MR) is 78.4 cm³/mol. The molecule has 3 heteroatoms. The van der Waals surface area contributed by atoms with E-state index in [1.54, 1.807) is 0 Å². The van der Waals surface area contributed by atoms with Gasteiger partial charge in [0, 0.05) is 18.3 Å². The fourth-order valence-corrected chi connectivity index (χ4v) is 2.76. The molecular weight excluding hydrogens is 236 g/mol. The Balaban J connectivity index is 1.99. The molecule has 1 aliphatic carbocycles. The zero-order valence-electron chi connectivity index (χ0n) is 12.2. The second-order valence-electron chi connectivity index (χ2n) is 5.55. The van der Waals surface area contributed by atoms with E-state index in [-0.39, 0.29) is 0 Å². The highest BCUT2D eigenvalue weighted by Crippen LogP contribution is 2.25. The van der Waals surface area contributed by atoms with Crippen LogP contribution in [0.3, 0.4) is 0 Å². The van der Waals surface area contributed by atoms with Crippen LogP contribution in [0.25, 0.3) is 0 Å². The smallest absolute Gasteiger partial charge is 0.213 e. The Morgan fingerprint density at radius 1 is 1.32 bits per heavy atom. The van der Waals surface area contributed by atoms with Gasteiger partial charge in [-0.2, -0.15) is 0 Å². The van der Waals surface area contributed by atoms with Crippen LogP contribution in [0, 0.1) is 5.92 Å². The van der Waals surface area contributed by atoms with Gasteiger partial charge < -0.3 is 10.1 Å². The van der Waals surface area contributed by atoms with Gasteiger partial charge in [0.2, 0.25) is 5.88 Å². The first-order valence-electron chi connectivity index (χ1n) is 7.59. The SMILES string of the molecule is CCCc1cc(CNC)cc(OCC2CCCC2)n1. The van der Waals surface area contributed by atoms with Crippen LogP contribution >= 0.6 is 0 Å². The van der Waals surface area contributed by atoms with Crippen molar-refractivity contribution < 1.29 is 4.74 Å². The quantitative estimate of drug-likeness (QED) is 0.818. The Kier molecular flexibility index (Phi) is 5.64. The molecule has 1 saturated carbocycles. The summed E-state index contributed by atoms with van der Waals surface area (Å²) in [4.78, 5) is 4.62. The average Bonchev–Trinajstić information content (AvgIpc) is 2.90. The summed E-state index contributed by atoms with van der Waals surface area (Å²) in [5.74, 6) is 1.55. The highest BCUT2D eigenvalue weighted by atomic mass is 16.5. The highest BCUT2D eigenvalue weighted by Gasteiger charge is 2.16. The molecule has 0 amide bonds. The molecule has 106 valence electrons. The second-order valence-corrected chi connectivity index (χ2v) is 5.55. The minimum atomic E-state index is 0.740. The van der Waals surface area contributed by atoms with Crippen molar-refractivity contribution in [3.63, 3.8) is 0 Å². The molecule has 1 heterocycles. The minimum Gasteiger partial charge on any atom is -0.477 e. The third kappa shape index (κ3) is 4.50. The van der Waals surface area contributed by atoms with Crippen molar-refractivity contribution in [3.8, 4) is 5.88 Å². The molecule has 2 rings (SSSR count). The third-order valence-electron chi connectivity index (χ3n) is 3.74. The molecule has 0 radical (unpaired) electrons. The molecule has 0 saturated heterocycles. The van der Waals surface area contributed by atoms with E-state index >= 15 is 0 Å². The van der Waals surface area contributed by atoms with Gasteiger partial charge in [-0.3, -0.25) is 0 Å². The Bertz CT molecular complexity index is 362. The van der Waals surface area contributed by atoms with Crippen molar-refractivity contribution in [1.29, 1.82) is 0 Å². The summed E-state index contributed by atoms with van der Waals surface area (Å²) in [6.45, 7) is 3.89. The van der Waals surface area contributed by atoms with E-state index in [1.165, 1.54) is 31.2 Å². The first-order chi connectivity index (χ1) is 9.31. The Morgan fingerprint density at radius 3 is 2.79 bits per heavy atom. The normalized spacial score (nSPS) is 15.9. The van der Waals surface area contributed by atoms with Crippen molar-refractivity contribution in [2.45, 2.75) is 52.0 Å². The van der Waals surface area contributed by atoms with Gasteiger partial charge >= 0.3 is 0 Å². The average molecular weight is 262 g/mol. The van der Waals surface area contributed by atoms with Gasteiger partial charge in [0.25, 0.3) is 0 Å². The van der Waals surface area contributed by atoms with Crippen LogP contribution in [0.15, 0.2) is 12.1 Å². The number of aryl methyl sites for hydroxylation is 1.